The highest BCUT2D eigenvalue weighted by Gasteiger charge is 2.49. The fourth-order valence-electron chi connectivity index (χ4n) is 1.92. The zero-order valence-corrected chi connectivity index (χ0v) is 10.2. The molecular formula is C12HF11. The molecule has 0 radical (unpaired) electrons. The highest BCUT2D eigenvalue weighted by molar-refractivity contribution is 5.89. The zero-order chi connectivity index (χ0) is 17.9. The Hall–Kier alpha value is -2.07. The summed E-state index contributed by atoms with van der Waals surface area (Å²) in [4.78, 5) is 0. The van der Waals surface area contributed by atoms with Crippen LogP contribution in [0.25, 0.3) is 10.8 Å². The first kappa shape index (κ1) is 17.3. The van der Waals surface area contributed by atoms with Crippen molar-refractivity contribution in [2.45, 2.75) is 12.3 Å². The molecule has 0 saturated carbocycles. The third-order valence-corrected chi connectivity index (χ3v) is 2.95. The van der Waals surface area contributed by atoms with Gasteiger partial charge in [-0.25, -0.2) is 39.5 Å². The van der Waals surface area contributed by atoms with Crippen LogP contribution in [0.3, 0.4) is 0 Å². The van der Waals surface area contributed by atoms with Gasteiger partial charge in [0.25, 0.3) is 0 Å². The summed E-state index contributed by atoms with van der Waals surface area (Å²) in [5.74, 6) is -25.1. The monoisotopic (exact) mass is 354 g/mol. The molecule has 2 rings (SSSR count). The van der Waals surface area contributed by atoms with Crippen molar-refractivity contribution < 1.29 is 48.3 Å². The Bertz CT molecular complexity index is 801. The molecule has 2 aromatic rings. The van der Waals surface area contributed by atoms with E-state index in [1.54, 1.807) is 0 Å². The van der Waals surface area contributed by atoms with Gasteiger partial charge in [-0.15, -0.1) is 0 Å². The molecule has 2 aromatic carbocycles. The maximum absolute atomic E-state index is 13.6. The molecule has 0 fully saturated rings. The van der Waals surface area contributed by atoms with Gasteiger partial charge in [-0.3, -0.25) is 0 Å². The van der Waals surface area contributed by atoms with Gasteiger partial charge in [0.15, 0.2) is 40.7 Å². The van der Waals surface area contributed by atoms with Gasteiger partial charge in [0.2, 0.25) is 0 Å². The number of hydrogen-bond donors (Lipinski definition) is 0. The average Bonchev–Trinajstić information content (AvgIpc) is 2.47. The summed E-state index contributed by atoms with van der Waals surface area (Å²) in [6, 6.07) is 0. The Labute approximate surface area is 119 Å². The van der Waals surface area contributed by atoms with Crippen molar-refractivity contribution in [3.63, 3.8) is 0 Å². The summed E-state index contributed by atoms with van der Waals surface area (Å²) in [7, 11) is 0. The SMILES string of the molecule is Fc1c(F)c(F)c2c(C(F)(F)C(F)F)c(F)c(F)c(F)c2c1F. The molecule has 126 valence electrons. The minimum Gasteiger partial charge on any atom is -0.203 e. The van der Waals surface area contributed by atoms with Crippen molar-refractivity contribution in [1.29, 1.82) is 0 Å². The topological polar surface area (TPSA) is 0 Å². The third kappa shape index (κ3) is 2.20. The Balaban J connectivity index is 3.23. The summed E-state index contributed by atoms with van der Waals surface area (Å²) in [5, 5.41) is -4.61. The average molecular weight is 354 g/mol. The molecule has 0 aliphatic heterocycles. The van der Waals surface area contributed by atoms with Crippen LogP contribution in [-0.4, -0.2) is 6.43 Å². The van der Waals surface area contributed by atoms with Crippen LogP contribution in [0.5, 0.6) is 0 Å². The minimum atomic E-state index is -5.64. The molecule has 0 atom stereocenters. The van der Waals surface area contributed by atoms with Crippen LogP contribution in [0.1, 0.15) is 5.56 Å². The summed E-state index contributed by atoms with van der Waals surface area (Å²) >= 11 is 0. The highest BCUT2D eigenvalue weighted by Crippen LogP contribution is 2.44. The van der Waals surface area contributed by atoms with E-state index in [9.17, 15) is 48.3 Å². The van der Waals surface area contributed by atoms with Crippen LogP contribution < -0.4 is 0 Å². The maximum atomic E-state index is 13.6. The number of halogens is 11. The van der Waals surface area contributed by atoms with E-state index in [1.807, 2.05) is 0 Å². The zero-order valence-electron chi connectivity index (χ0n) is 10.2. The van der Waals surface area contributed by atoms with Crippen LogP contribution in [0.15, 0.2) is 0 Å². The lowest BCUT2D eigenvalue weighted by molar-refractivity contribution is -0.136. The molecule has 0 amide bonds. The molecule has 0 heterocycles. The van der Waals surface area contributed by atoms with Crippen molar-refractivity contribution in [1.82, 2.24) is 0 Å². The van der Waals surface area contributed by atoms with E-state index < -0.39 is 69.4 Å². The molecule has 0 bridgehead atoms. The number of fused-ring (bicyclic) bond motifs is 1. The quantitative estimate of drug-likeness (QED) is 0.397. The van der Waals surface area contributed by atoms with Gasteiger partial charge in [0, 0.05) is 5.39 Å². The second kappa shape index (κ2) is 5.24. The molecule has 0 nitrogen and oxygen atoms in total. The van der Waals surface area contributed by atoms with Crippen molar-refractivity contribution >= 4 is 10.8 Å². The van der Waals surface area contributed by atoms with E-state index in [0.717, 1.165) is 0 Å². The molecule has 0 unspecified atom stereocenters. The number of benzene rings is 2. The second-order valence-electron chi connectivity index (χ2n) is 4.25. The summed E-state index contributed by atoms with van der Waals surface area (Å²) in [6.45, 7) is 0. The molecule has 0 aliphatic rings. The van der Waals surface area contributed by atoms with Gasteiger partial charge in [-0.2, -0.15) is 8.78 Å². The molecule has 0 N–H and O–H groups in total. The summed E-state index contributed by atoms with van der Waals surface area (Å²) < 4.78 is 145. The minimum absolute atomic E-state index is 2.25. The van der Waals surface area contributed by atoms with Crippen LogP contribution in [0.4, 0.5) is 48.3 Å². The highest BCUT2D eigenvalue weighted by atomic mass is 19.3. The van der Waals surface area contributed by atoms with Crippen molar-refractivity contribution in [2.24, 2.45) is 0 Å². The summed E-state index contributed by atoms with van der Waals surface area (Å²) in [5.41, 5.74) is -2.82. The van der Waals surface area contributed by atoms with E-state index in [1.165, 1.54) is 0 Å². The summed E-state index contributed by atoms with van der Waals surface area (Å²) in [6.07, 6.45) is -4.76. The van der Waals surface area contributed by atoms with Crippen LogP contribution in [0.2, 0.25) is 0 Å². The lowest BCUT2D eigenvalue weighted by atomic mass is 9.96. The molecule has 0 spiro atoms. The third-order valence-electron chi connectivity index (χ3n) is 2.95. The van der Waals surface area contributed by atoms with Gasteiger partial charge in [0.1, 0.15) is 0 Å². The molecule has 0 aliphatic carbocycles. The first-order chi connectivity index (χ1) is 10.4. The van der Waals surface area contributed by atoms with E-state index in [2.05, 4.69) is 0 Å². The van der Waals surface area contributed by atoms with Crippen LogP contribution in [-0.2, 0) is 5.92 Å². The largest absolute Gasteiger partial charge is 0.336 e. The Morgan fingerprint density at radius 1 is 0.522 bits per heavy atom. The number of alkyl halides is 4. The van der Waals surface area contributed by atoms with Crippen molar-refractivity contribution in [3.8, 4) is 0 Å². The first-order valence-electron chi connectivity index (χ1n) is 5.43. The van der Waals surface area contributed by atoms with E-state index in [-0.39, 0.29) is 0 Å². The lowest BCUT2D eigenvalue weighted by Gasteiger charge is -2.20. The predicted molar refractivity (Wildman–Crippen MR) is 53.6 cm³/mol. The van der Waals surface area contributed by atoms with Gasteiger partial charge in [-0.1, -0.05) is 0 Å². The first-order valence-corrected chi connectivity index (χ1v) is 5.43. The van der Waals surface area contributed by atoms with Crippen LogP contribution in [0, 0.1) is 40.7 Å². The number of hydrogen-bond acceptors (Lipinski definition) is 0. The lowest BCUT2D eigenvalue weighted by Crippen LogP contribution is -2.27. The van der Waals surface area contributed by atoms with Gasteiger partial charge < -0.3 is 0 Å². The Morgan fingerprint density at radius 2 is 0.870 bits per heavy atom. The fourth-order valence-corrected chi connectivity index (χ4v) is 1.92. The molecular weight excluding hydrogens is 353 g/mol. The van der Waals surface area contributed by atoms with Crippen LogP contribution >= 0.6 is 0 Å². The van der Waals surface area contributed by atoms with Gasteiger partial charge in [-0.05, 0) is 0 Å². The second-order valence-corrected chi connectivity index (χ2v) is 4.25. The maximum Gasteiger partial charge on any atom is 0.336 e. The Morgan fingerprint density at radius 3 is 1.26 bits per heavy atom. The van der Waals surface area contributed by atoms with Crippen molar-refractivity contribution in [2.75, 3.05) is 0 Å². The smallest absolute Gasteiger partial charge is 0.203 e. The van der Waals surface area contributed by atoms with E-state index >= 15 is 0 Å². The van der Waals surface area contributed by atoms with Crippen molar-refractivity contribution in [3.05, 3.63) is 46.3 Å². The molecule has 11 heteroatoms. The molecule has 0 saturated heterocycles. The molecule has 23 heavy (non-hydrogen) atoms. The molecule has 0 aromatic heterocycles. The fraction of sp³-hybridized carbons (Fsp3) is 0.167. The number of rotatable bonds is 2. The van der Waals surface area contributed by atoms with Gasteiger partial charge >= 0.3 is 12.3 Å². The van der Waals surface area contributed by atoms with E-state index in [0.29, 0.717) is 0 Å². The van der Waals surface area contributed by atoms with E-state index in [4.69, 9.17) is 0 Å². The van der Waals surface area contributed by atoms with Gasteiger partial charge in [0.05, 0.1) is 10.9 Å². The Kier molecular flexibility index (Phi) is 3.94. The predicted octanol–water partition coefficient (Wildman–Crippen LogP) is 5.17. The normalized spacial score (nSPS) is 12.5. The standard InChI is InChI=1S/C12HF11/c13-4-1-2(6(15)10(19)9(4)18)5(14)8(17)7(16)3(1)12(22,23)11(20)21/h11H.